The number of rotatable bonds is 6. The standard InChI is InChI=1S/C20H16F2N4O2/c21-20(22)28-18-9-5-4-8-16(18)26-13-11-17(27)19(25-26)15(10-12-23)24-14-6-2-1-3-7-14/h1-13,20H,23H2. The maximum atomic E-state index is 12.7. The summed E-state index contributed by atoms with van der Waals surface area (Å²) >= 11 is 0. The van der Waals surface area contributed by atoms with E-state index in [1.807, 2.05) is 6.07 Å². The molecule has 0 aliphatic heterocycles. The summed E-state index contributed by atoms with van der Waals surface area (Å²) in [5.41, 5.74) is 6.21. The molecule has 0 fully saturated rings. The van der Waals surface area contributed by atoms with Gasteiger partial charge in [0.15, 0.2) is 11.4 Å². The summed E-state index contributed by atoms with van der Waals surface area (Å²) in [6.45, 7) is -2.99. The highest BCUT2D eigenvalue weighted by Gasteiger charge is 2.14. The van der Waals surface area contributed by atoms with Crippen molar-refractivity contribution in [1.82, 2.24) is 9.78 Å². The van der Waals surface area contributed by atoms with E-state index in [-0.39, 0.29) is 22.8 Å². The Balaban J connectivity index is 2.12. The van der Waals surface area contributed by atoms with Gasteiger partial charge in [-0.1, -0.05) is 30.3 Å². The molecule has 0 bridgehead atoms. The first kappa shape index (κ1) is 19.0. The van der Waals surface area contributed by atoms with E-state index in [1.165, 1.54) is 35.3 Å². The highest BCUT2D eigenvalue weighted by atomic mass is 19.3. The first-order valence-corrected chi connectivity index (χ1v) is 8.25. The van der Waals surface area contributed by atoms with Crippen LogP contribution in [0.25, 0.3) is 5.69 Å². The van der Waals surface area contributed by atoms with Crippen molar-refractivity contribution in [2.24, 2.45) is 10.7 Å². The lowest BCUT2D eigenvalue weighted by Crippen LogP contribution is -2.21. The summed E-state index contributed by atoms with van der Waals surface area (Å²) in [5.74, 6) is -0.0736. The molecule has 0 atom stereocenters. The quantitative estimate of drug-likeness (QED) is 0.662. The van der Waals surface area contributed by atoms with E-state index in [2.05, 4.69) is 14.8 Å². The van der Waals surface area contributed by atoms with Gasteiger partial charge in [-0.05, 0) is 36.5 Å². The Morgan fingerprint density at radius 3 is 2.54 bits per heavy atom. The number of para-hydroxylation sites is 3. The second-order valence-corrected chi connectivity index (χ2v) is 5.51. The van der Waals surface area contributed by atoms with Crippen LogP contribution in [0, 0.1) is 0 Å². The fraction of sp³-hybridized carbons (Fsp3) is 0.0500. The van der Waals surface area contributed by atoms with Crippen LogP contribution in [0.1, 0.15) is 5.69 Å². The van der Waals surface area contributed by atoms with Crippen LogP contribution in [0.15, 0.2) is 88.9 Å². The molecular weight excluding hydrogens is 366 g/mol. The average molecular weight is 382 g/mol. The molecule has 8 heteroatoms. The predicted octanol–water partition coefficient (Wildman–Crippen LogP) is 3.43. The van der Waals surface area contributed by atoms with Crippen molar-refractivity contribution in [2.75, 3.05) is 0 Å². The molecule has 142 valence electrons. The van der Waals surface area contributed by atoms with Gasteiger partial charge in [-0.25, -0.2) is 9.67 Å². The number of nitrogens with two attached hydrogens (primary N) is 1. The monoisotopic (exact) mass is 382 g/mol. The molecule has 3 rings (SSSR count). The van der Waals surface area contributed by atoms with Crippen molar-refractivity contribution < 1.29 is 13.5 Å². The molecule has 0 amide bonds. The normalized spacial score (nSPS) is 11.9. The molecule has 0 saturated carbocycles. The molecule has 3 aromatic rings. The van der Waals surface area contributed by atoms with Crippen LogP contribution in [0.4, 0.5) is 14.5 Å². The van der Waals surface area contributed by atoms with E-state index in [0.29, 0.717) is 5.69 Å². The van der Waals surface area contributed by atoms with E-state index in [9.17, 15) is 13.6 Å². The number of ether oxygens (including phenoxy) is 1. The molecule has 6 nitrogen and oxygen atoms in total. The Morgan fingerprint density at radius 2 is 1.82 bits per heavy atom. The predicted molar refractivity (Wildman–Crippen MR) is 102 cm³/mol. The van der Waals surface area contributed by atoms with Crippen molar-refractivity contribution in [3.05, 3.63) is 95.1 Å². The maximum Gasteiger partial charge on any atom is 0.387 e. The lowest BCUT2D eigenvalue weighted by Gasteiger charge is -2.13. The molecular formula is C20H16F2N4O2. The summed E-state index contributed by atoms with van der Waals surface area (Å²) in [4.78, 5) is 16.8. The van der Waals surface area contributed by atoms with E-state index in [1.54, 1.807) is 42.5 Å². The number of benzene rings is 2. The van der Waals surface area contributed by atoms with Gasteiger partial charge >= 0.3 is 6.61 Å². The van der Waals surface area contributed by atoms with E-state index in [4.69, 9.17) is 5.73 Å². The van der Waals surface area contributed by atoms with Gasteiger partial charge in [-0.3, -0.25) is 4.79 Å². The fourth-order valence-electron chi connectivity index (χ4n) is 2.46. The van der Waals surface area contributed by atoms with Gasteiger partial charge in [0.25, 0.3) is 0 Å². The Morgan fingerprint density at radius 1 is 1.11 bits per heavy atom. The minimum atomic E-state index is -2.99. The number of halogens is 2. The van der Waals surface area contributed by atoms with Crippen LogP contribution in [0.2, 0.25) is 0 Å². The van der Waals surface area contributed by atoms with Gasteiger partial charge in [0.1, 0.15) is 5.69 Å². The minimum absolute atomic E-state index is 0.0138. The van der Waals surface area contributed by atoms with Crippen molar-refractivity contribution in [2.45, 2.75) is 6.61 Å². The van der Waals surface area contributed by atoms with E-state index in [0.717, 1.165) is 0 Å². The molecule has 1 aromatic heterocycles. The van der Waals surface area contributed by atoms with Crippen LogP contribution in [-0.4, -0.2) is 22.1 Å². The van der Waals surface area contributed by atoms with E-state index >= 15 is 0 Å². The van der Waals surface area contributed by atoms with Crippen LogP contribution in [-0.2, 0) is 0 Å². The van der Waals surface area contributed by atoms with Gasteiger partial charge < -0.3 is 10.5 Å². The molecule has 1 heterocycles. The maximum absolute atomic E-state index is 12.7. The zero-order valence-electron chi connectivity index (χ0n) is 14.6. The number of aliphatic imine (C=N–C) groups is 1. The third-order valence-electron chi connectivity index (χ3n) is 3.64. The fourth-order valence-corrected chi connectivity index (χ4v) is 2.46. The highest BCUT2D eigenvalue weighted by Crippen LogP contribution is 2.23. The summed E-state index contributed by atoms with van der Waals surface area (Å²) in [5, 5.41) is 4.27. The van der Waals surface area contributed by atoms with Gasteiger partial charge in [0, 0.05) is 12.3 Å². The zero-order chi connectivity index (χ0) is 19.9. The number of nitrogens with zero attached hydrogens (tertiary/aromatic N) is 3. The minimum Gasteiger partial charge on any atom is -0.433 e. The van der Waals surface area contributed by atoms with Crippen LogP contribution in [0.5, 0.6) is 5.75 Å². The lowest BCUT2D eigenvalue weighted by atomic mass is 10.2. The van der Waals surface area contributed by atoms with Crippen molar-refractivity contribution >= 4 is 11.4 Å². The highest BCUT2D eigenvalue weighted by molar-refractivity contribution is 6.08. The van der Waals surface area contributed by atoms with Gasteiger partial charge in [0.2, 0.25) is 5.43 Å². The number of hydrogen-bond acceptors (Lipinski definition) is 5. The number of aromatic nitrogens is 2. The molecule has 0 aliphatic rings. The van der Waals surface area contributed by atoms with Gasteiger partial charge in [-0.15, -0.1) is 0 Å². The third kappa shape index (κ3) is 4.47. The first-order chi connectivity index (χ1) is 13.6. The second kappa shape index (κ2) is 8.72. The number of hydrogen-bond donors (Lipinski definition) is 1. The third-order valence-corrected chi connectivity index (χ3v) is 3.64. The molecule has 0 spiro atoms. The SMILES string of the molecule is NC=CC(=Nc1ccccc1)c1nn(-c2ccccc2OC(F)F)ccc1=O. The van der Waals surface area contributed by atoms with Crippen LogP contribution < -0.4 is 15.9 Å². The zero-order valence-corrected chi connectivity index (χ0v) is 14.6. The Hall–Kier alpha value is -3.81. The Kier molecular flexibility index (Phi) is 5.91. The van der Waals surface area contributed by atoms with Crippen molar-refractivity contribution in [1.29, 1.82) is 0 Å². The molecule has 0 radical (unpaired) electrons. The number of allylic oxidation sites excluding steroid dienone is 1. The Labute approximate surface area is 159 Å². The molecule has 0 saturated heterocycles. The number of alkyl halides is 2. The average Bonchev–Trinajstić information content (AvgIpc) is 2.69. The summed E-state index contributed by atoms with van der Waals surface area (Å²) in [6.07, 6.45) is 4.06. The van der Waals surface area contributed by atoms with Crippen LogP contribution in [0.3, 0.4) is 0 Å². The molecule has 2 aromatic carbocycles. The van der Waals surface area contributed by atoms with Gasteiger partial charge in [0.05, 0.1) is 11.4 Å². The summed E-state index contributed by atoms with van der Waals surface area (Å²) < 4.78 is 31.2. The first-order valence-electron chi connectivity index (χ1n) is 8.25. The van der Waals surface area contributed by atoms with Crippen molar-refractivity contribution in [3.63, 3.8) is 0 Å². The molecule has 28 heavy (non-hydrogen) atoms. The van der Waals surface area contributed by atoms with E-state index < -0.39 is 12.0 Å². The molecule has 2 N–H and O–H groups in total. The molecule has 0 unspecified atom stereocenters. The van der Waals surface area contributed by atoms with Crippen LogP contribution >= 0.6 is 0 Å². The van der Waals surface area contributed by atoms with Gasteiger partial charge in [-0.2, -0.15) is 13.9 Å². The second-order valence-electron chi connectivity index (χ2n) is 5.51. The Bertz CT molecular complexity index is 1060. The molecule has 0 aliphatic carbocycles. The van der Waals surface area contributed by atoms with Crippen molar-refractivity contribution in [3.8, 4) is 11.4 Å². The largest absolute Gasteiger partial charge is 0.433 e. The smallest absolute Gasteiger partial charge is 0.387 e. The lowest BCUT2D eigenvalue weighted by molar-refractivity contribution is -0.0499. The summed E-state index contributed by atoms with van der Waals surface area (Å²) in [7, 11) is 0. The topological polar surface area (TPSA) is 82.5 Å². The summed E-state index contributed by atoms with van der Waals surface area (Å²) in [6, 6.07) is 16.4.